The number of azo groups is 1. The van der Waals surface area contributed by atoms with Crippen LogP contribution < -0.4 is 4.90 Å². The number of non-ortho nitro benzene ring substituents is 1. The third-order valence-electron chi connectivity index (χ3n) is 3.77. The van der Waals surface area contributed by atoms with Crippen LogP contribution in [0.15, 0.2) is 46.6 Å². The first-order valence-electron chi connectivity index (χ1n) is 7.59. The molecule has 9 nitrogen and oxygen atoms in total. The summed E-state index contributed by atoms with van der Waals surface area (Å²) in [5.41, 5.74) is 0.920. The molecule has 1 aliphatic heterocycles. The van der Waals surface area contributed by atoms with E-state index in [-0.39, 0.29) is 28.6 Å². The fourth-order valence-corrected chi connectivity index (χ4v) is 2.43. The molecule has 0 amide bonds. The Morgan fingerprint density at radius 3 is 2.16 bits per heavy atom. The summed E-state index contributed by atoms with van der Waals surface area (Å²) in [7, 11) is 0. The van der Waals surface area contributed by atoms with E-state index >= 15 is 0 Å². The number of hydrogen-bond donors (Lipinski definition) is 2. The summed E-state index contributed by atoms with van der Waals surface area (Å²) in [5.74, 6) is -0.406. The van der Waals surface area contributed by atoms with E-state index in [1.54, 1.807) is 12.1 Å². The number of phenols is 2. The number of ether oxygens (including phenoxy) is 1. The Morgan fingerprint density at radius 1 is 1.00 bits per heavy atom. The lowest BCUT2D eigenvalue weighted by molar-refractivity contribution is -0.384. The predicted octanol–water partition coefficient (Wildman–Crippen LogP) is 3.26. The third-order valence-corrected chi connectivity index (χ3v) is 3.77. The molecule has 1 saturated heterocycles. The standard InChI is InChI=1S/C16H16N4O5/c21-15-9-11(19-5-7-25-8-6-19)1-3-13(15)17-18-14-4-2-12(20(23)24)10-16(14)22/h1-4,9-10,21-22H,5-8H2. The first-order chi connectivity index (χ1) is 12.0. The van der Waals surface area contributed by atoms with Crippen molar-refractivity contribution in [2.75, 3.05) is 31.2 Å². The number of nitrogens with zero attached hydrogens (tertiary/aromatic N) is 4. The van der Waals surface area contributed by atoms with Gasteiger partial charge in [-0.25, -0.2) is 0 Å². The van der Waals surface area contributed by atoms with Gasteiger partial charge in [-0.05, 0) is 18.2 Å². The smallest absolute Gasteiger partial charge is 0.273 e. The number of benzene rings is 2. The van der Waals surface area contributed by atoms with E-state index in [1.807, 2.05) is 6.07 Å². The average molecular weight is 344 g/mol. The Morgan fingerprint density at radius 2 is 1.60 bits per heavy atom. The molecular weight excluding hydrogens is 328 g/mol. The lowest BCUT2D eigenvalue weighted by atomic mass is 10.2. The summed E-state index contributed by atoms with van der Waals surface area (Å²) in [6, 6.07) is 8.53. The quantitative estimate of drug-likeness (QED) is 0.499. The Balaban J connectivity index is 1.78. The fourth-order valence-electron chi connectivity index (χ4n) is 2.43. The monoisotopic (exact) mass is 344 g/mol. The number of aromatic hydroxyl groups is 2. The van der Waals surface area contributed by atoms with Crippen molar-refractivity contribution in [2.24, 2.45) is 10.2 Å². The second kappa shape index (κ2) is 7.14. The van der Waals surface area contributed by atoms with Crippen molar-refractivity contribution >= 4 is 22.7 Å². The molecule has 0 spiro atoms. The molecule has 0 aromatic heterocycles. The first kappa shape index (κ1) is 16.7. The average Bonchev–Trinajstić information content (AvgIpc) is 2.62. The second-order valence-corrected chi connectivity index (χ2v) is 5.40. The Bertz CT molecular complexity index is 818. The van der Waals surface area contributed by atoms with Crippen molar-refractivity contribution in [3.63, 3.8) is 0 Å². The van der Waals surface area contributed by atoms with Crippen LogP contribution in [-0.2, 0) is 4.74 Å². The number of rotatable bonds is 4. The topological polar surface area (TPSA) is 121 Å². The van der Waals surface area contributed by atoms with Crippen molar-refractivity contribution in [3.05, 3.63) is 46.5 Å². The van der Waals surface area contributed by atoms with E-state index in [0.717, 1.165) is 24.8 Å². The van der Waals surface area contributed by atoms with Crippen molar-refractivity contribution < 1.29 is 19.9 Å². The highest BCUT2D eigenvalue weighted by Gasteiger charge is 2.13. The first-order valence-corrected chi connectivity index (χ1v) is 7.59. The van der Waals surface area contributed by atoms with Crippen molar-refractivity contribution in [1.82, 2.24) is 0 Å². The molecule has 1 heterocycles. The number of nitro groups is 1. The highest BCUT2D eigenvalue weighted by Crippen LogP contribution is 2.35. The summed E-state index contributed by atoms with van der Waals surface area (Å²) < 4.78 is 5.29. The third kappa shape index (κ3) is 3.83. The molecule has 9 heteroatoms. The molecule has 0 atom stereocenters. The predicted molar refractivity (Wildman–Crippen MR) is 90.1 cm³/mol. The van der Waals surface area contributed by atoms with E-state index < -0.39 is 4.92 Å². The van der Waals surface area contributed by atoms with Crippen molar-refractivity contribution in [1.29, 1.82) is 0 Å². The van der Waals surface area contributed by atoms with E-state index in [0.29, 0.717) is 13.2 Å². The van der Waals surface area contributed by atoms with Gasteiger partial charge in [0.1, 0.15) is 22.9 Å². The lowest BCUT2D eigenvalue weighted by Gasteiger charge is -2.28. The summed E-state index contributed by atoms with van der Waals surface area (Å²) in [6.07, 6.45) is 0. The fraction of sp³-hybridized carbons (Fsp3) is 0.250. The molecule has 2 aromatic carbocycles. The molecule has 0 radical (unpaired) electrons. The maximum absolute atomic E-state index is 10.6. The van der Waals surface area contributed by atoms with Crippen LogP contribution in [0.2, 0.25) is 0 Å². The zero-order chi connectivity index (χ0) is 17.8. The molecule has 0 bridgehead atoms. The molecule has 1 aliphatic rings. The minimum atomic E-state index is -0.614. The zero-order valence-electron chi connectivity index (χ0n) is 13.2. The Hall–Kier alpha value is -3.20. The van der Waals surface area contributed by atoms with Crippen LogP contribution in [0.4, 0.5) is 22.7 Å². The van der Waals surface area contributed by atoms with Gasteiger partial charge in [-0.15, -0.1) is 10.2 Å². The molecule has 1 fully saturated rings. The van der Waals surface area contributed by atoms with Gasteiger partial charge < -0.3 is 19.8 Å². The van der Waals surface area contributed by atoms with Gasteiger partial charge in [0.15, 0.2) is 0 Å². The lowest BCUT2D eigenvalue weighted by Crippen LogP contribution is -2.36. The number of phenolic OH excluding ortho intramolecular Hbond substituents is 2. The van der Waals surface area contributed by atoms with Gasteiger partial charge >= 0.3 is 0 Å². The van der Waals surface area contributed by atoms with Gasteiger partial charge in [0.25, 0.3) is 5.69 Å². The second-order valence-electron chi connectivity index (χ2n) is 5.40. The van der Waals surface area contributed by atoms with E-state index in [9.17, 15) is 20.3 Å². The highest BCUT2D eigenvalue weighted by molar-refractivity contribution is 5.62. The van der Waals surface area contributed by atoms with Crippen LogP contribution in [0, 0.1) is 10.1 Å². The maximum Gasteiger partial charge on any atom is 0.273 e. The Labute approximate surface area is 143 Å². The molecule has 3 rings (SSSR count). The van der Waals surface area contributed by atoms with Crippen LogP contribution in [0.3, 0.4) is 0 Å². The molecule has 2 aromatic rings. The SMILES string of the molecule is O=[N+]([O-])c1ccc(N=Nc2ccc(N3CCOCC3)cc2O)c(O)c1. The van der Waals surface area contributed by atoms with Crippen LogP contribution in [0.5, 0.6) is 11.5 Å². The van der Waals surface area contributed by atoms with Gasteiger partial charge in [0, 0.05) is 30.9 Å². The molecule has 0 unspecified atom stereocenters. The van der Waals surface area contributed by atoms with E-state index in [4.69, 9.17) is 4.74 Å². The molecule has 130 valence electrons. The van der Waals surface area contributed by atoms with Crippen molar-refractivity contribution in [2.45, 2.75) is 0 Å². The van der Waals surface area contributed by atoms with Gasteiger partial charge in [-0.1, -0.05) is 0 Å². The molecule has 25 heavy (non-hydrogen) atoms. The molecular formula is C16H16N4O5. The van der Waals surface area contributed by atoms with E-state index in [1.165, 1.54) is 12.1 Å². The minimum Gasteiger partial charge on any atom is -0.506 e. The van der Waals surface area contributed by atoms with Gasteiger partial charge in [-0.2, -0.15) is 0 Å². The normalized spacial score (nSPS) is 14.8. The van der Waals surface area contributed by atoms with E-state index in [2.05, 4.69) is 15.1 Å². The number of anilines is 1. The summed E-state index contributed by atoms with van der Waals surface area (Å²) in [6.45, 7) is 2.78. The number of hydrogen-bond acceptors (Lipinski definition) is 8. The van der Waals surface area contributed by atoms with Crippen LogP contribution in [0.25, 0.3) is 0 Å². The molecule has 0 aliphatic carbocycles. The van der Waals surface area contributed by atoms with Gasteiger partial charge in [0.05, 0.1) is 24.2 Å². The number of nitro benzene ring substituents is 1. The highest BCUT2D eigenvalue weighted by atomic mass is 16.6. The Kier molecular flexibility index (Phi) is 4.75. The largest absolute Gasteiger partial charge is 0.506 e. The van der Waals surface area contributed by atoms with Crippen molar-refractivity contribution in [3.8, 4) is 11.5 Å². The number of morpholine rings is 1. The summed E-state index contributed by atoms with van der Waals surface area (Å²) in [5, 5.41) is 38.3. The van der Waals surface area contributed by atoms with Gasteiger partial charge in [0.2, 0.25) is 0 Å². The van der Waals surface area contributed by atoms with Crippen LogP contribution in [0.1, 0.15) is 0 Å². The summed E-state index contributed by atoms with van der Waals surface area (Å²) in [4.78, 5) is 12.1. The maximum atomic E-state index is 10.6. The zero-order valence-corrected chi connectivity index (χ0v) is 13.2. The summed E-state index contributed by atoms with van der Waals surface area (Å²) >= 11 is 0. The van der Waals surface area contributed by atoms with Gasteiger partial charge in [-0.3, -0.25) is 10.1 Å². The minimum absolute atomic E-state index is 0.0471. The molecule has 2 N–H and O–H groups in total. The molecule has 0 saturated carbocycles. The van der Waals surface area contributed by atoms with Crippen LogP contribution in [-0.4, -0.2) is 41.4 Å². The van der Waals surface area contributed by atoms with Crippen LogP contribution >= 0.6 is 0 Å².